The van der Waals surface area contributed by atoms with Crippen LogP contribution in [0, 0.1) is 0 Å². The van der Waals surface area contributed by atoms with Crippen molar-refractivity contribution in [1.29, 1.82) is 0 Å². The lowest BCUT2D eigenvalue weighted by Crippen LogP contribution is -2.47. The Hall–Kier alpha value is -3.24. The molecule has 3 heterocycles. The third kappa shape index (κ3) is 30.4. The second-order valence-corrected chi connectivity index (χ2v) is 20.4. The Labute approximate surface area is 418 Å². The van der Waals surface area contributed by atoms with Gasteiger partial charge in [-0.05, 0) is 90.1 Å². The second kappa shape index (κ2) is 40.5. The van der Waals surface area contributed by atoms with Gasteiger partial charge in [0.2, 0.25) is 11.8 Å². The minimum atomic E-state index is 0.210. The van der Waals surface area contributed by atoms with E-state index in [1.165, 1.54) is 167 Å². The van der Waals surface area contributed by atoms with Crippen LogP contribution in [0.3, 0.4) is 0 Å². The summed E-state index contributed by atoms with van der Waals surface area (Å²) in [6.07, 6.45) is 56.2. The standard InChI is InChI=1S/C58H104N8O2/c1-5-7-9-11-13-15-17-19-21-23-25-27-29-31-33-35-41-65(57(67)49-55-51-61(3)53-59-55)43-37-39-63-45-47-64(48-46-63)40-38-44-66(58(68)50-56-52-62(4)54-60-56)42-36-34-32-30-28-26-24-22-20-18-16-14-12-10-8-6-2/h19-22,51-54H,5-18,23-50H2,1-4H3/b21-19-,22-20-. The van der Waals surface area contributed by atoms with Gasteiger partial charge in [-0.3, -0.25) is 9.59 Å². The van der Waals surface area contributed by atoms with Crippen molar-refractivity contribution in [1.82, 2.24) is 38.7 Å². The van der Waals surface area contributed by atoms with Gasteiger partial charge in [-0.2, -0.15) is 0 Å². The molecule has 2 aromatic heterocycles. The molecule has 3 rings (SSSR count). The Balaban J connectivity index is 1.29. The predicted molar refractivity (Wildman–Crippen MR) is 288 cm³/mol. The predicted octanol–water partition coefficient (Wildman–Crippen LogP) is 13.1. The summed E-state index contributed by atoms with van der Waals surface area (Å²) in [4.78, 5) is 45.4. The van der Waals surface area contributed by atoms with Gasteiger partial charge in [0.1, 0.15) is 0 Å². The van der Waals surface area contributed by atoms with Crippen molar-refractivity contribution in [2.75, 3.05) is 65.4 Å². The molecule has 2 amide bonds. The van der Waals surface area contributed by atoms with E-state index >= 15 is 0 Å². The van der Waals surface area contributed by atoms with Crippen molar-refractivity contribution in [2.45, 2.75) is 219 Å². The van der Waals surface area contributed by atoms with Gasteiger partial charge in [0, 0.05) is 78.8 Å². The Bertz CT molecular complexity index is 1440. The molecule has 10 heteroatoms. The molecule has 10 nitrogen and oxygen atoms in total. The summed E-state index contributed by atoms with van der Waals surface area (Å²) in [7, 11) is 3.93. The lowest BCUT2D eigenvalue weighted by Gasteiger charge is -2.35. The summed E-state index contributed by atoms with van der Waals surface area (Å²) in [5.74, 6) is 0.419. The van der Waals surface area contributed by atoms with Crippen molar-refractivity contribution in [3.63, 3.8) is 0 Å². The monoisotopic (exact) mass is 945 g/mol. The molecule has 0 bridgehead atoms. The number of rotatable bonds is 44. The minimum absolute atomic E-state index is 0.210. The molecule has 0 unspecified atom stereocenters. The molecule has 388 valence electrons. The first-order valence-electron chi connectivity index (χ1n) is 28.6. The number of nitrogens with zero attached hydrogens (tertiary/aromatic N) is 8. The van der Waals surface area contributed by atoms with E-state index in [-0.39, 0.29) is 11.8 Å². The van der Waals surface area contributed by atoms with Crippen LogP contribution in [0.15, 0.2) is 49.4 Å². The number of hydrogen-bond acceptors (Lipinski definition) is 6. The molecule has 1 fully saturated rings. The minimum Gasteiger partial charge on any atom is -0.342 e. The number of allylic oxidation sites excluding steroid dienone is 4. The van der Waals surface area contributed by atoms with Crippen LogP contribution in [0.4, 0.5) is 0 Å². The number of amides is 2. The molecule has 1 aliphatic rings. The SMILES string of the molecule is CCCCCCCC/C=C\CCCCCCCCN(CCCN1CCN(CCCN(CCCCCCCC/C=C\CCCCCCCC)C(=O)Cc2cn(C)cn2)CC1)C(=O)Cc1cn(C)cn1. The van der Waals surface area contributed by atoms with Crippen LogP contribution in [-0.2, 0) is 36.5 Å². The summed E-state index contributed by atoms with van der Waals surface area (Å²) in [6.45, 7) is 14.2. The first-order valence-corrected chi connectivity index (χ1v) is 28.6. The molecule has 2 aromatic rings. The number of carbonyl (C=O) groups is 2. The average Bonchev–Trinajstić information content (AvgIpc) is 3.95. The molecule has 0 saturated carbocycles. The molecular weight excluding hydrogens is 841 g/mol. The maximum absolute atomic E-state index is 13.5. The van der Waals surface area contributed by atoms with Crippen LogP contribution >= 0.6 is 0 Å². The number of unbranched alkanes of at least 4 members (excludes halogenated alkanes) is 24. The first kappa shape index (κ1) is 59.1. The van der Waals surface area contributed by atoms with Gasteiger partial charge in [0.25, 0.3) is 0 Å². The first-order chi connectivity index (χ1) is 33.4. The van der Waals surface area contributed by atoms with E-state index in [1.807, 2.05) is 35.6 Å². The van der Waals surface area contributed by atoms with Gasteiger partial charge in [-0.25, -0.2) is 9.97 Å². The average molecular weight is 946 g/mol. The molecule has 1 aliphatic heterocycles. The van der Waals surface area contributed by atoms with E-state index in [0.717, 1.165) is 103 Å². The molecule has 0 radical (unpaired) electrons. The van der Waals surface area contributed by atoms with E-state index in [2.05, 4.69) is 67.7 Å². The number of hydrogen-bond donors (Lipinski definition) is 0. The normalized spacial score (nSPS) is 13.7. The highest BCUT2D eigenvalue weighted by atomic mass is 16.2. The summed E-state index contributed by atoms with van der Waals surface area (Å²) >= 11 is 0. The van der Waals surface area contributed by atoms with Gasteiger partial charge in [-0.1, -0.05) is 154 Å². The van der Waals surface area contributed by atoms with Gasteiger partial charge in [0.05, 0.1) is 36.9 Å². The summed E-state index contributed by atoms with van der Waals surface area (Å²) < 4.78 is 3.86. The van der Waals surface area contributed by atoms with Crippen LogP contribution in [0.5, 0.6) is 0 Å². The van der Waals surface area contributed by atoms with E-state index in [1.54, 1.807) is 12.7 Å². The third-order valence-corrected chi connectivity index (χ3v) is 14.0. The van der Waals surface area contributed by atoms with Crippen LogP contribution in [0.1, 0.15) is 218 Å². The fraction of sp³-hybridized carbons (Fsp3) is 0.793. The summed E-state index contributed by atoms with van der Waals surface area (Å²) in [6, 6.07) is 0. The highest BCUT2D eigenvalue weighted by Gasteiger charge is 2.20. The molecule has 1 saturated heterocycles. The van der Waals surface area contributed by atoms with E-state index < -0.39 is 0 Å². The topological polar surface area (TPSA) is 82.7 Å². The van der Waals surface area contributed by atoms with E-state index in [4.69, 9.17) is 0 Å². The molecule has 0 aliphatic carbocycles. The zero-order valence-electron chi connectivity index (χ0n) is 44.7. The van der Waals surface area contributed by atoms with Crippen LogP contribution < -0.4 is 0 Å². The summed E-state index contributed by atoms with van der Waals surface area (Å²) in [5, 5.41) is 0. The molecule has 0 aromatic carbocycles. The molecule has 0 spiro atoms. The van der Waals surface area contributed by atoms with Crippen LogP contribution in [0.2, 0.25) is 0 Å². The van der Waals surface area contributed by atoms with Crippen molar-refractivity contribution < 1.29 is 9.59 Å². The summed E-state index contributed by atoms with van der Waals surface area (Å²) in [5.41, 5.74) is 1.72. The van der Waals surface area contributed by atoms with Gasteiger partial charge in [0.15, 0.2) is 0 Å². The van der Waals surface area contributed by atoms with Gasteiger partial charge >= 0.3 is 0 Å². The largest absolute Gasteiger partial charge is 0.342 e. The quantitative estimate of drug-likeness (QED) is 0.0486. The maximum atomic E-state index is 13.5. The zero-order valence-corrected chi connectivity index (χ0v) is 44.7. The van der Waals surface area contributed by atoms with Crippen molar-refractivity contribution in [3.05, 3.63) is 60.7 Å². The van der Waals surface area contributed by atoms with E-state index in [0.29, 0.717) is 12.8 Å². The van der Waals surface area contributed by atoms with Crippen molar-refractivity contribution in [2.24, 2.45) is 14.1 Å². The highest BCUT2D eigenvalue weighted by molar-refractivity contribution is 5.78. The highest BCUT2D eigenvalue weighted by Crippen LogP contribution is 2.15. The Morgan fingerprint density at radius 3 is 1.04 bits per heavy atom. The number of piperazine rings is 1. The number of imidazole rings is 2. The zero-order chi connectivity index (χ0) is 48.5. The fourth-order valence-corrected chi connectivity index (χ4v) is 9.68. The van der Waals surface area contributed by atoms with E-state index in [9.17, 15) is 9.59 Å². The van der Waals surface area contributed by atoms with Crippen molar-refractivity contribution >= 4 is 11.8 Å². The molecule has 68 heavy (non-hydrogen) atoms. The Morgan fingerprint density at radius 1 is 0.441 bits per heavy atom. The van der Waals surface area contributed by atoms with Crippen molar-refractivity contribution in [3.8, 4) is 0 Å². The molecular formula is C58H104N8O2. The molecule has 0 atom stereocenters. The second-order valence-electron chi connectivity index (χ2n) is 20.4. The molecule has 0 N–H and O–H groups in total. The lowest BCUT2D eigenvalue weighted by molar-refractivity contribution is -0.131. The van der Waals surface area contributed by atoms with Crippen LogP contribution in [-0.4, -0.2) is 116 Å². The lowest BCUT2D eigenvalue weighted by atomic mass is 10.1. The number of aryl methyl sites for hydroxylation is 2. The van der Waals surface area contributed by atoms with Crippen LogP contribution in [0.25, 0.3) is 0 Å². The third-order valence-electron chi connectivity index (χ3n) is 14.0. The smallest absolute Gasteiger partial charge is 0.228 e. The fourth-order valence-electron chi connectivity index (χ4n) is 9.68. The number of carbonyl (C=O) groups excluding carboxylic acids is 2. The Kier molecular flexibility index (Phi) is 35.2. The van der Waals surface area contributed by atoms with Gasteiger partial charge in [-0.15, -0.1) is 0 Å². The maximum Gasteiger partial charge on any atom is 0.228 e. The number of aromatic nitrogens is 4. The Morgan fingerprint density at radius 2 is 0.735 bits per heavy atom. The van der Waals surface area contributed by atoms with Gasteiger partial charge < -0.3 is 28.7 Å².